The first-order valence-electron chi connectivity index (χ1n) is 7.57. The van der Waals surface area contributed by atoms with Crippen LogP contribution in [0.1, 0.15) is 22.3 Å². The van der Waals surface area contributed by atoms with E-state index >= 15 is 0 Å². The van der Waals surface area contributed by atoms with E-state index in [4.69, 9.17) is 9.47 Å². The molecule has 0 aromatic heterocycles. The number of carbonyl (C=O) groups excluding carboxylic acids is 1. The van der Waals surface area contributed by atoms with Crippen LogP contribution in [0.5, 0.6) is 11.5 Å². The van der Waals surface area contributed by atoms with Gasteiger partial charge < -0.3 is 14.8 Å². The lowest BCUT2D eigenvalue weighted by molar-refractivity contribution is 0.0950. The molecule has 2 aromatic rings. The number of nitrogens with one attached hydrogen (secondary N) is 1. The van der Waals surface area contributed by atoms with Gasteiger partial charge in [0.15, 0.2) is 11.5 Å². The monoisotopic (exact) mass is 329 g/mol. The summed E-state index contributed by atoms with van der Waals surface area (Å²) in [6.07, 6.45) is 2.89. The van der Waals surface area contributed by atoms with Crippen molar-refractivity contribution in [2.45, 2.75) is 17.9 Å². The van der Waals surface area contributed by atoms with Crippen molar-refractivity contribution >= 4 is 17.7 Å². The number of rotatable bonds is 4. The molecule has 0 saturated heterocycles. The summed E-state index contributed by atoms with van der Waals surface area (Å²) < 4.78 is 11.2. The molecule has 1 aliphatic rings. The Bertz CT molecular complexity index is 685. The average Bonchev–Trinajstić information content (AvgIpc) is 2.84. The molecule has 4 nitrogen and oxygen atoms in total. The first-order valence-corrected chi connectivity index (χ1v) is 8.79. The Hall–Kier alpha value is -2.14. The summed E-state index contributed by atoms with van der Waals surface area (Å²) in [5.41, 5.74) is 1.65. The van der Waals surface area contributed by atoms with Crippen LogP contribution in [0.15, 0.2) is 47.4 Å². The van der Waals surface area contributed by atoms with Gasteiger partial charge in [0.1, 0.15) is 0 Å². The number of hydrogen-bond acceptors (Lipinski definition) is 4. The Morgan fingerprint density at radius 1 is 1.09 bits per heavy atom. The molecule has 0 bridgehead atoms. The van der Waals surface area contributed by atoms with Gasteiger partial charge in [-0.15, -0.1) is 11.8 Å². The fraction of sp³-hybridized carbons (Fsp3) is 0.278. The van der Waals surface area contributed by atoms with E-state index in [1.54, 1.807) is 30.0 Å². The van der Waals surface area contributed by atoms with Crippen molar-refractivity contribution in [1.82, 2.24) is 5.32 Å². The van der Waals surface area contributed by atoms with E-state index in [1.165, 1.54) is 4.90 Å². The largest absolute Gasteiger partial charge is 0.490 e. The SMILES string of the molecule is CSc1ccc(CNC(=O)c2ccc3c(c2)OCCCO3)cc1. The third-order valence-electron chi connectivity index (χ3n) is 3.62. The normalized spacial score (nSPS) is 13.3. The maximum atomic E-state index is 12.3. The molecule has 0 aliphatic carbocycles. The first-order chi connectivity index (χ1) is 11.3. The van der Waals surface area contributed by atoms with E-state index in [2.05, 4.69) is 17.4 Å². The molecule has 0 atom stereocenters. The minimum absolute atomic E-state index is 0.116. The Morgan fingerprint density at radius 2 is 1.83 bits per heavy atom. The van der Waals surface area contributed by atoms with Crippen molar-refractivity contribution in [3.63, 3.8) is 0 Å². The number of benzene rings is 2. The van der Waals surface area contributed by atoms with E-state index in [0.717, 1.165) is 12.0 Å². The highest BCUT2D eigenvalue weighted by Gasteiger charge is 2.13. The lowest BCUT2D eigenvalue weighted by Crippen LogP contribution is -2.22. The number of thioether (sulfide) groups is 1. The third kappa shape index (κ3) is 3.99. The Morgan fingerprint density at radius 3 is 2.57 bits per heavy atom. The molecule has 0 radical (unpaired) electrons. The zero-order chi connectivity index (χ0) is 16.1. The van der Waals surface area contributed by atoms with Crippen LogP contribution in [0, 0.1) is 0 Å². The van der Waals surface area contributed by atoms with Crippen molar-refractivity contribution in [2.75, 3.05) is 19.5 Å². The number of ether oxygens (including phenoxy) is 2. The summed E-state index contributed by atoms with van der Waals surface area (Å²) in [6, 6.07) is 13.5. The second-order valence-electron chi connectivity index (χ2n) is 5.24. The third-order valence-corrected chi connectivity index (χ3v) is 4.37. The summed E-state index contributed by atoms with van der Waals surface area (Å²) in [7, 11) is 0. The highest BCUT2D eigenvalue weighted by molar-refractivity contribution is 7.98. The van der Waals surface area contributed by atoms with Crippen LogP contribution >= 0.6 is 11.8 Å². The van der Waals surface area contributed by atoms with Gasteiger partial charge in [-0.1, -0.05) is 12.1 Å². The van der Waals surface area contributed by atoms with E-state index in [0.29, 0.717) is 36.8 Å². The Balaban J connectivity index is 1.64. The fourth-order valence-electron chi connectivity index (χ4n) is 2.33. The average molecular weight is 329 g/mol. The highest BCUT2D eigenvalue weighted by atomic mass is 32.2. The maximum Gasteiger partial charge on any atom is 0.251 e. The molecule has 0 saturated carbocycles. The molecule has 120 valence electrons. The number of amides is 1. The lowest BCUT2D eigenvalue weighted by atomic mass is 10.1. The fourth-order valence-corrected chi connectivity index (χ4v) is 2.74. The molecule has 2 aromatic carbocycles. The van der Waals surface area contributed by atoms with Gasteiger partial charge in [-0.05, 0) is 42.2 Å². The van der Waals surface area contributed by atoms with Crippen LogP contribution in [0.25, 0.3) is 0 Å². The van der Waals surface area contributed by atoms with Crippen LogP contribution in [0.2, 0.25) is 0 Å². The summed E-state index contributed by atoms with van der Waals surface area (Å²) in [4.78, 5) is 13.5. The van der Waals surface area contributed by atoms with Gasteiger partial charge in [-0.3, -0.25) is 4.79 Å². The second kappa shape index (κ2) is 7.42. The van der Waals surface area contributed by atoms with E-state index in [-0.39, 0.29) is 5.91 Å². The lowest BCUT2D eigenvalue weighted by Gasteiger charge is -2.10. The van der Waals surface area contributed by atoms with Crippen molar-refractivity contribution in [1.29, 1.82) is 0 Å². The predicted octanol–water partition coefficient (Wildman–Crippen LogP) is 3.50. The Kier molecular flexibility index (Phi) is 5.08. The minimum atomic E-state index is -0.116. The van der Waals surface area contributed by atoms with Gasteiger partial charge in [-0.25, -0.2) is 0 Å². The molecule has 3 rings (SSSR count). The summed E-state index contributed by atoms with van der Waals surface area (Å²) in [6.45, 7) is 1.76. The molecule has 1 N–H and O–H groups in total. The molecule has 1 amide bonds. The molecular weight excluding hydrogens is 310 g/mol. The van der Waals surface area contributed by atoms with Crippen LogP contribution < -0.4 is 14.8 Å². The molecule has 1 aliphatic heterocycles. The second-order valence-corrected chi connectivity index (χ2v) is 6.12. The van der Waals surface area contributed by atoms with Gasteiger partial charge in [0, 0.05) is 23.4 Å². The van der Waals surface area contributed by atoms with Crippen molar-refractivity contribution in [3.05, 3.63) is 53.6 Å². The molecule has 0 unspecified atom stereocenters. The summed E-state index contributed by atoms with van der Waals surface area (Å²) >= 11 is 1.70. The molecule has 23 heavy (non-hydrogen) atoms. The molecule has 5 heteroatoms. The van der Waals surface area contributed by atoms with Gasteiger partial charge in [-0.2, -0.15) is 0 Å². The maximum absolute atomic E-state index is 12.3. The zero-order valence-electron chi connectivity index (χ0n) is 13.0. The zero-order valence-corrected chi connectivity index (χ0v) is 13.8. The number of fused-ring (bicyclic) bond motifs is 1. The van der Waals surface area contributed by atoms with Crippen LogP contribution in [-0.2, 0) is 6.54 Å². The first kappa shape index (κ1) is 15.7. The Labute approximate surface area is 140 Å². The smallest absolute Gasteiger partial charge is 0.251 e. The topological polar surface area (TPSA) is 47.6 Å². The quantitative estimate of drug-likeness (QED) is 0.872. The number of hydrogen-bond donors (Lipinski definition) is 1. The molecule has 0 spiro atoms. The van der Waals surface area contributed by atoms with Crippen molar-refractivity contribution in [3.8, 4) is 11.5 Å². The molecule has 1 heterocycles. The minimum Gasteiger partial charge on any atom is -0.490 e. The number of carbonyl (C=O) groups is 1. The summed E-state index contributed by atoms with van der Waals surface area (Å²) in [5, 5.41) is 2.93. The van der Waals surface area contributed by atoms with Gasteiger partial charge in [0.2, 0.25) is 0 Å². The molecule has 0 fully saturated rings. The van der Waals surface area contributed by atoms with Crippen LogP contribution in [-0.4, -0.2) is 25.4 Å². The van der Waals surface area contributed by atoms with E-state index < -0.39 is 0 Å². The van der Waals surface area contributed by atoms with E-state index in [9.17, 15) is 4.79 Å². The van der Waals surface area contributed by atoms with Crippen molar-refractivity contribution < 1.29 is 14.3 Å². The molecular formula is C18H19NO3S. The summed E-state index contributed by atoms with van der Waals surface area (Å²) in [5.74, 6) is 1.22. The van der Waals surface area contributed by atoms with Gasteiger partial charge in [0.05, 0.1) is 13.2 Å². The highest BCUT2D eigenvalue weighted by Crippen LogP contribution is 2.30. The van der Waals surface area contributed by atoms with Gasteiger partial charge >= 0.3 is 0 Å². The predicted molar refractivity (Wildman–Crippen MR) is 91.4 cm³/mol. The van der Waals surface area contributed by atoms with Gasteiger partial charge in [0.25, 0.3) is 5.91 Å². The van der Waals surface area contributed by atoms with Crippen LogP contribution in [0.3, 0.4) is 0 Å². The van der Waals surface area contributed by atoms with E-state index in [1.807, 2.05) is 18.4 Å². The van der Waals surface area contributed by atoms with Crippen molar-refractivity contribution in [2.24, 2.45) is 0 Å². The standard InChI is InChI=1S/C18H19NO3S/c1-23-15-6-3-13(4-7-15)12-19-18(20)14-5-8-16-17(11-14)22-10-2-9-21-16/h3-8,11H,2,9-10,12H2,1H3,(H,19,20). The van der Waals surface area contributed by atoms with Crippen LogP contribution in [0.4, 0.5) is 0 Å².